The lowest BCUT2D eigenvalue weighted by Gasteiger charge is -2.12. The van der Waals surface area contributed by atoms with E-state index in [4.69, 9.17) is 10.3 Å². The summed E-state index contributed by atoms with van der Waals surface area (Å²) < 4.78 is 7.25. The lowest BCUT2D eigenvalue weighted by molar-refractivity contribution is 0.448. The van der Waals surface area contributed by atoms with E-state index in [-0.39, 0.29) is 6.04 Å². The second kappa shape index (κ2) is 4.87. The minimum absolute atomic E-state index is 0.0720. The molecule has 0 aliphatic carbocycles. The summed E-state index contributed by atoms with van der Waals surface area (Å²) in [6.45, 7) is 0. The first-order chi connectivity index (χ1) is 9.29. The molecule has 19 heavy (non-hydrogen) atoms. The van der Waals surface area contributed by atoms with Crippen LogP contribution in [0.1, 0.15) is 17.5 Å². The molecule has 2 heterocycles. The van der Waals surface area contributed by atoms with Crippen LogP contribution in [0.5, 0.6) is 0 Å². The normalized spacial score (nSPS) is 12.9. The van der Waals surface area contributed by atoms with Gasteiger partial charge < -0.3 is 4.42 Å². The number of hydrazine groups is 1. The minimum atomic E-state index is -0.0720. The Hall–Kier alpha value is -2.11. The van der Waals surface area contributed by atoms with Gasteiger partial charge in [-0.2, -0.15) is 5.10 Å². The Morgan fingerprint density at radius 3 is 2.89 bits per heavy atom. The fourth-order valence-electron chi connectivity index (χ4n) is 2.36. The molecule has 0 fully saturated rings. The molecule has 0 radical (unpaired) electrons. The van der Waals surface area contributed by atoms with Crippen LogP contribution in [0, 0.1) is 0 Å². The highest BCUT2D eigenvalue weighted by Crippen LogP contribution is 2.25. The van der Waals surface area contributed by atoms with Crippen LogP contribution in [0.3, 0.4) is 0 Å². The summed E-state index contributed by atoms with van der Waals surface area (Å²) in [4.78, 5) is 0. The van der Waals surface area contributed by atoms with Gasteiger partial charge in [0.2, 0.25) is 0 Å². The molecule has 0 saturated heterocycles. The Morgan fingerprint density at radius 1 is 1.32 bits per heavy atom. The molecule has 1 aromatic carbocycles. The number of benzene rings is 1. The first kappa shape index (κ1) is 12.0. The van der Waals surface area contributed by atoms with Crippen LogP contribution in [-0.2, 0) is 13.5 Å². The van der Waals surface area contributed by atoms with Crippen molar-refractivity contribution in [3.05, 3.63) is 54.1 Å². The molecule has 5 nitrogen and oxygen atoms in total. The number of fused-ring (bicyclic) bond motifs is 1. The van der Waals surface area contributed by atoms with Gasteiger partial charge in [0, 0.05) is 18.9 Å². The Kier molecular flexibility index (Phi) is 3.06. The molecule has 0 amide bonds. The van der Waals surface area contributed by atoms with Gasteiger partial charge in [0.05, 0.1) is 23.5 Å². The van der Waals surface area contributed by atoms with E-state index in [1.807, 2.05) is 42.1 Å². The number of hydrogen-bond acceptors (Lipinski definition) is 4. The number of aromatic nitrogens is 2. The standard InChI is InChI=1S/C14H16N4O/c1-18-13-7-3-2-6-11(13)14(17-18)12(16-15)9-10-5-4-8-19-10/h2-8,12,16H,9,15H2,1H3. The Morgan fingerprint density at radius 2 is 2.16 bits per heavy atom. The molecule has 0 saturated carbocycles. The van der Waals surface area contributed by atoms with Crippen molar-refractivity contribution in [2.24, 2.45) is 12.9 Å². The van der Waals surface area contributed by atoms with E-state index in [1.54, 1.807) is 6.26 Å². The van der Waals surface area contributed by atoms with Gasteiger partial charge in [0.25, 0.3) is 0 Å². The highest BCUT2D eigenvalue weighted by Gasteiger charge is 2.19. The number of rotatable bonds is 4. The first-order valence-corrected chi connectivity index (χ1v) is 6.19. The summed E-state index contributed by atoms with van der Waals surface area (Å²) in [6, 6.07) is 11.9. The van der Waals surface area contributed by atoms with Crippen molar-refractivity contribution in [2.45, 2.75) is 12.5 Å². The summed E-state index contributed by atoms with van der Waals surface area (Å²) in [5.41, 5.74) is 4.86. The van der Waals surface area contributed by atoms with Crippen molar-refractivity contribution in [1.29, 1.82) is 0 Å². The Labute approximate surface area is 111 Å². The third kappa shape index (κ3) is 2.14. The van der Waals surface area contributed by atoms with Crippen LogP contribution in [0.2, 0.25) is 0 Å². The summed E-state index contributed by atoms with van der Waals surface area (Å²) in [5.74, 6) is 6.57. The fourth-order valence-corrected chi connectivity index (χ4v) is 2.36. The van der Waals surface area contributed by atoms with E-state index in [9.17, 15) is 0 Å². The molecule has 98 valence electrons. The predicted molar refractivity (Wildman–Crippen MR) is 73.2 cm³/mol. The molecule has 3 aromatic rings. The maximum atomic E-state index is 5.68. The van der Waals surface area contributed by atoms with Crippen LogP contribution < -0.4 is 11.3 Å². The Balaban J connectivity index is 2.01. The van der Waals surface area contributed by atoms with E-state index in [0.717, 1.165) is 22.4 Å². The zero-order valence-electron chi connectivity index (χ0n) is 10.7. The maximum absolute atomic E-state index is 5.68. The monoisotopic (exact) mass is 256 g/mol. The van der Waals surface area contributed by atoms with Crippen LogP contribution in [0.25, 0.3) is 10.9 Å². The number of nitrogens with one attached hydrogen (secondary N) is 1. The summed E-state index contributed by atoms with van der Waals surface area (Å²) in [5, 5.41) is 5.68. The average molecular weight is 256 g/mol. The fraction of sp³-hybridized carbons (Fsp3) is 0.214. The number of nitrogens with zero attached hydrogens (tertiary/aromatic N) is 2. The van der Waals surface area contributed by atoms with Gasteiger partial charge in [-0.05, 0) is 18.2 Å². The number of nitrogens with two attached hydrogens (primary N) is 1. The molecule has 0 aliphatic rings. The SMILES string of the molecule is Cn1nc(C(Cc2ccco2)NN)c2ccccc21. The van der Waals surface area contributed by atoms with E-state index in [0.29, 0.717) is 6.42 Å². The number of hydrogen-bond donors (Lipinski definition) is 2. The molecule has 3 N–H and O–H groups in total. The summed E-state index contributed by atoms with van der Waals surface area (Å²) in [7, 11) is 1.94. The molecule has 2 aromatic heterocycles. The molecular formula is C14H16N4O. The van der Waals surface area contributed by atoms with Crippen LogP contribution in [0.15, 0.2) is 47.1 Å². The smallest absolute Gasteiger partial charge is 0.105 e. The molecule has 0 spiro atoms. The van der Waals surface area contributed by atoms with Gasteiger partial charge in [-0.1, -0.05) is 18.2 Å². The zero-order valence-corrected chi connectivity index (χ0v) is 10.7. The van der Waals surface area contributed by atoms with Crippen LogP contribution in [0.4, 0.5) is 0 Å². The molecule has 3 rings (SSSR count). The molecule has 1 atom stereocenters. The highest BCUT2D eigenvalue weighted by atomic mass is 16.3. The van der Waals surface area contributed by atoms with Crippen molar-refractivity contribution in [3.63, 3.8) is 0 Å². The van der Waals surface area contributed by atoms with Crippen molar-refractivity contribution < 1.29 is 4.42 Å². The lowest BCUT2D eigenvalue weighted by atomic mass is 10.1. The van der Waals surface area contributed by atoms with E-state index in [2.05, 4.69) is 16.6 Å². The molecule has 0 bridgehead atoms. The van der Waals surface area contributed by atoms with Crippen LogP contribution in [-0.4, -0.2) is 9.78 Å². The summed E-state index contributed by atoms with van der Waals surface area (Å²) in [6.07, 6.45) is 2.34. The van der Waals surface area contributed by atoms with Gasteiger partial charge in [-0.15, -0.1) is 0 Å². The molecule has 0 aliphatic heterocycles. The van der Waals surface area contributed by atoms with Crippen molar-refractivity contribution in [3.8, 4) is 0 Å². The van der Waals surface area contributed by atoms with E-state index >= 15 is 0 Å². The predicted octanol–water partition coefficient (Wildman–Crippen LogP) is 1.91. The number of aryl methyl sites for hydroxylation is 1. The first-order valence-electron chi connectivity index (χ1n) is 6.19. The largest absolute Gasteiger partial charge is 0.469 e. The van der Waals surface area contributed by atoms with Gasteiger partial charge in [0.1, 0.15) is 5.76 Å². The van der Waals surface area contributed by atoms with Gasteiger partial charge in [-0.3, -0.25) is 16.0 Å². The van der Waals surface area contributed by atoms with Gasteiger partial charge in [-0.25, -0.2) is 0 Å². The second-order valence-corrected chi connectivity index (χ2v) is 4.53. The van der Waals surface area contributed by atoms with Crippen molar-refractivity contribution in [2.75, 3.05) is 0 Å². The number of furan rings is 1. The zero-order chi connectivity index (χ0) is 13.2. The van der Waals surface area contributed by atoms with Crippen molar-refractivity contribution >= 4 is 10.9 Å². The van der Waals surface area contributed by atoms with E-state index < -0.39 is 0 Å². The third-order valence-electron chi connectivity index (χ3n) is 3.30. The highest BCUT2D eigenvalue weighted by molar-refractivity contribution is 5.82. The maximum Gasteiger partial charge on any atom is 0.105 e. The van der Waals surface area contributed by atoms with Gasteiger partial charge >= 0.3 is 0 Å². The average Bonchev–Trinajstić information content (AvgIpc) is 3.05. The number of para-hydroxylation sites is 1. The minimum Gasteiger partial charge on any atom is -0.469 e. The third-order valence-corrected chi connectivity index (χ3v) is 3.30. The Bertz CT molecular complexity index is 672. The molecule has 5 heteroatoms. The van der Waals surface area contributed by atoms with Crippen molar-refractivity contribution in [1.82, 2.24) is 15.2 Å². The second-order valence-electron chi connectivity index (χ2n) is 4.53. The van der Waals surface area contributed by atoms with E-state index in [1.165, 1.54) is 0 Å². The van der Waals surface area contributed by atoms with Crippen LogP contribution >= 0.6 is 0 Å². The topological polar surface area (TPSA) is 69.0 Å². The lowest BCUT2D eigenvalue weighted by Crippen LogP contribution is -2.30. The van der Waals surface area contributed by atoms with Gasteiger partial charge in [0.15, 0.2) is 0 Å². The molecular weight excluding hydrogens is 240 g/mol. The summed E-state index contributed by atoms with van der Waals surface area (Å²) >= 11 is 0. The quantitative estimate of drug-likeness (QED) is 0.552. The molecule has 1 unspecified atom stereocenters.